The van der Waals surface area contributed by atoms with E-state index in [1.165, 1.54) is 0 Å². The van der Waals surface area contributed by atoms with Gasteiger partial charge in [0.25, 0.3) is 0 Å². The molecule has 0 bridgehead atoms. The first-order valence-corrected chi connectivity index (χ1v) is 5.16. The Morgan fingerprint density at radius 3 is 2.94 bits per heavy atom. The van der Waals surface area contributed by atoms with Crippen molar-refractivity contribution in [3.8, 4) is 5.75 Å². The predicted molar refractivity (Wildman–Crippen MR) is 62.2 cm³/mol. The second-order valence-corrected chi connectivity index (χ2v) is 3.78. The Balaban J connectivity index is 2.33. The van der Waals surface area contributed by atoms with Gasteiger partial charge in [0.05, 0.1) is 7.11 Å². The van der Waals surface area contributed by atoms with Gasteiger partial charge >= 0.3 is 5.97 Å². The monoisotopic (exact) mass is 235 g/mol. The molecule has 0 aliphatic carbocycles. The normalized spacial score (nSPS) is 12.6. The van der Waals surface area contributed by atoms with Gasteiger partial charge in [-0.05, 0) is 17.7 Å². The molecule has 3 N–H and O–H groups in total. The summed E-state index contributed by atoms with van der Waals surface area (Å²) < 4.78 is 5.09. The molecule has 0 saturated heterocycles. The Morgan fingerprint density at radius 1 is 1.53 bits per heavy atom. The average Bonchev–Trinajstić information content (AvgIpc) is 2.71. The maximum atomic E-state index is 10.6. The number of aliphatic hydroxyl groups is 1. The van der Waals surface area contributed by atoms with E-state index in [2.05, 4.69) is 4.98 Å². The van der Waals surface area contributed by atoms with Crippen molar-refractivity contribution in [2.24, 2.45) is 0 Å². The van der Waals surface area contributed by atoms with Crippen LogP contribution < -0.4 is 4.74 Å². The highest BCUT2D eigenvalue weighted by Gasteiger charge is 2.16. The van der Waals surface area contributed by atoms with Crippen molar-refractivity contribution in [2.75, 3.05) is 7.11 Å². The van der Waals surface area contributed by atoms with Crippen molar-refractivity contribution < 1.29 is 19.7 Å². The van der Waals surface area contributed by atoms with Crippen LogP contribution in [0, 0.1) is 0 Å². The number of nitrogens with one attached hydrogen (secondary N) is 1. The van der Waals surface area contributed by atoms with Crippen molar-refractivity contribution in [1.82, 2.24) is 4.98 Å². The molecule has 1 aromatic heterocycles. The number of rotatable bonds is 4. The zero-order valence-electron chi connectivity index (χ0n) is 9.30. The van der Waals surface area contributed by atoms with Crippen LogP contribution in [-0.2, 0) is 11.2 Å². The third-order valence-electron chi connectivity index (χ3n) is 2.67. The lowest BCUT2D eigenvalue weighted by molar-refractivity contribution is -0.146. The molecule has 5 heteroatoms. The van der Waals surface area contributed by atoms with E-state index in [0.717, 1.165) is 22.2 Å². The zero-order chi connectivity index (χ0) is 12.4. The van der Waals surface area contributed by atoms with Gasteiger partial charge in [-0.1, -0.05) is 0 Å². The minimum Gasteiger partial charge on any atom is -0.497 e. The van der Waals surface area contributed by atoms with Gasteiger partial charge in [-0.15, -0.1) is 0 Å². The smallest absolute Gasteiger partial charge is 0.332 e. The average molecular weight is 235 g/mol. The third-order valence-corrected chi connectivity index (χ3v) is 2.67. The number of aliphatic carboxylic acids is 1. The molecule has 1 unspecified atom stereocenters. The van der Waals surface area contributed by atoms with Gasteiger partial charge in [0, 0.05) is 29.6 Å². The molecule has 17 heavy (non-hydrogen) atoms. The minimum atomic E-state index is -1.38. The molecule has 0 aliphatic heterocycles. The van der Waals surface area contributed by atoms with Crippen LogP contribution >= 0.6 is 0 Å². The number of H-pyrrole nitrogens is 1. The Morgan fingerprint density at radius 2 is 2.29 bits per heavy atom. The topological polar surface area (TPSA) is 82.6 Å². The molecule has 2 aromatic rings. The molecule has 0 radical (unpaired) electrons. The lowest BCUT2D eigenvalue weighted by Crippen LogP contribution is -2.21. The van der Waals surface area contributed by atoms with Crippen molar-refractivity contribution in [3.05, 3.63) is 30.0 Å². The fourth-order valence-corrected chi connectivity index (χ4v) is 1.76. The Labute approximate surface area is 97.6 Å². The molecule has 0 amide bonds. The number of carboxylic acids is 1. The second-order valence-electron chi connectivity index (χ2n) is 3.78. The molecular weight excluding hydrogens is 222 g/mol. The molecule has 0 fully saturated rings. The van der Waals surface area contributed by atoms with Crippen molar-refractivity contribution >= 4 is 16.9 Å². The number of methoxy groups -OCH3 is 1. The van der Waals surface area contributed by atoms with E-state index in [9.17, 15) is 9.90 Å². The van der Waals surface area contributed by atoms with E-state index in [4.69, 9.17) is 9.84 Å². The zero-order valence-corrected chi connectivity index (χ0v) is 9.30. The number of carbonyl (C=O) groups is 1. The van der Waals surface area contributed by atoms with Crippen LogP contribution in [0.5, 0.6) is 5.75 Å². The van der Waals surface area contributed by atoms with Crippen LogP contribution in [0.25, 0.3) is 10.9 Å². The number of ether oxygens (including phenoxy) is 1. The summed E-state index contributed by atoms with van der Waals surface area (Å²) in [7, 11) is 1.58. The van der Waals surface area contributed by atoms with Gasteiger partial charge in [-0.25, -0.2) is 4.79 Å². The van der Waals surface area contributed by atoms with Gasteiger partial charge in [0.1, 0.15) is 5.75 Å². The SMILES string of the molecule is COc1ccc2c(CC(O)C(=O)O)c[nH]c2c1. The molecule has 2 rings (SSSR count). The number of aromatic nitrogens is 1. The number of fused-ring (bicyclic) bond motifs is 1. The highest BCUT2D eigenvalue weighted by atomic mass is 16.5. The van der Waals surface area contributed by atoms with Crippen molar-refractivity contribution in [2.45, 2.75) is 12.5 Å². The standard InChI is InChI=1S/C12H13NO4/c1-17-8-2-3-9-7(4-11(14)12(15)16)6-13-10(9)5-8/h2-3,5-6,11,13-14H,4H2,1H3,(H,15,16). The van der Waals surface area contributed by atoms with E-state index in [1.54, 1.807) is 19.4 Å². The minimum absolute atomic E-state index is 0.0850. The first kappa shape index (κ1) is 11.5. The van der Waals surface area contributed by atoms with Crippen LogP contribution in [0.15, 0.2) is 24.4 Å². The third kappa shape index (κ3) is 2.24. The quantitative estimate of drug-likeness (QED) is 0.742. The Hall–Kier alpha value is -2.01. The molecule has 0 aliphatic rings. The molecule has 0 saturated carbocycles. The highest BCUT2D eigenvalue weighted by molar-refractivity contribution is 5.85. The number of aromatic amines is 1. The summed E-state index contributed by atoms with van der Waals surface area (Å²) in [5.74, 6) is -0.488. The number of hydrogen-bond acceptors (Lipinski definition) is 3. The van der Waals surface area contributed by atoms with E-state index in [1.807, 2.05) is 12.1 Å². The molecule has 0 spiro atoms. The van der Waals surface area contributed by atoms with Crippen molar-refractivity contribution in [1.29, 1.82) is 0 Å². The lowest BCUT2D eigenvalue weighted by Gasteiger charge is -2.04. The van der Waals surface area contributed by atoms with Crippen LogP contribution in [0.3, 0.4) is 0 Å². The summed E-state index contributed by atoms with van der Waals surface area (Å²) in [6.07, 6.45) is 0.411. The number of benzene rings is 1. The molecule has 5 nitrogen and oxygen atoms in total. The summed E-state index contributed by atoms with van der Waals surface area (Å²) in [6.45, 7) is 0. The summed E-state index contributed by atoms with van der Waals surface area (Å²) in [5, 5.41) is 18.9. The van der Waals surface area contributed by atoms with Gasteiger partial charge in [-0.2, -0.15) is 0 Å². The fourth-order valence-electron chi connectivity index (χ4n) is 1.76. The van der Waals surface area contributed by atoms with E-state index >= 15 is 0 Å². The first-order valence-electron chi connectivity index (χ1n) is 5.16. The van der Waals surface area contributed by atoms with Gasteiger partial charge in [-0.3, -0.25) is 0 Å². The number of hydrogen-bond donors (Lipinski definition) is 3. The lowest BCUT2D eigenvalue weighted by atomic mass is 10.1. The molecule has 90 valence electrons. The second kappa shape index (κ2) is 4.47. The van der Waals surface area contributed by atoms with Crippen LogP contribution in [0.2, 0.25) is 0 Å². The van der Waals surface area contributed by atoms with Crippen LogP contribution in [0.1, 0.15) is 5.56 Å². The van der Waals surface area contributed by atoms with Gasteiger partial charge < -0.3 is 19.9 Å². The van der Waals surface area contributed by atoms with Gasteiger partial charge in [0.15, 0.2) is 6.10 Å². The summed E-state index contributed by atoms with van der Waals surface area (Å²) in [6, 6.07) is 5.47. The molecule has 1 atom stereocenters. The summed E-state index contributed by atoms with van der Waals surface area (Å²) >= 11 is 0. The van der Waals surface area contributed by atoms with Crippen LogP contribution in [-0.4, -0.2) is 34.4 Å². The Bertz CT molecular complexity index is 546. The van der Waals surface area contributed by atoms with Crippen molar-refractivity contribution in [3.63, 3.8) is 0 Å². The van der Waals surface area contributed by atoms with Gasteiger partial charge in [0.2, 0.25) is 0 Å². The molecular formula is C12H13NO4. The number of carboxylic acid groups (broad SMARTS) is 1. The molecule has 1 aromatic carbocycles. The largest absolute Gasteiger partial charge is 0.497 e. The predicted octanol–water partition coefficient (Wildman–Crippen LogP) is 1.16. The highest BCUT2D eigenvalue weighted by Crippen LogP contribution is 2.24. The maximum absolute atomic E-state index is 10.6. The van der Waals surface area contributed by atoms with E-state index in [-0.39, 0.29) is 6.42 Å². The summed E-state index contributed by atoms with van der Waals surface area (Å²) in [4.78, 5) is 13.6. The fraction of sp³-hybridized carbons (Fsp3) is 0.250. The summed E-state index contributed by atoms with van der Waals surface area (Å²) in [5.41, 5.74) is 1.63. The van der Waals surface area contributed by atoms with E-state index < -0.39 is 12.1 Å². The van der Waals surface area contributed by atoms with Crippen LogP contribution in [0.4, 0.5) is 0 Å². The number of aliphatic hydroxyl groups excluding tert-OH is 1. The first-order chi connectivity index (χ1) is 8.11. The maximum Gasteiger partial charge on any atom is 0.332 e. The van der Waals surface area contributed by atoms with E-state index in [0.29, 0.717) is 0 Å². The Kier molecular flexibility index (Phi) is 3.01. The molecule has 1 heterocycles.